The molecule has 2 N–H and O–H groups in total. The molecule has 5 rings (SSSR count). The second-order valence-electron chi connectivity index (χ2n) is 8.19. The van der Waals surface area contributed by atoms with Crippen LogP contribution in [0, 0.1) is 0 Å². The average Bonchev–Trinajstić information content (AvgIpc) is 3.38. The molecule has 1 aliphatic heterocycles. The van der Waals surface area contributed by atoms with Crippen molar-refractivity contribution in [2.75, 3.05) is 18.8 Å². The van der Waals surface area contributed by atoms with Crippen molar-refractivity contribution in [3.05, 3.63) is 54.2 Å². The van der Waals surface area contributed by atoms with E-state index >= 15 is 0 Å². The molecule has 0 spiro atoms. The van der Waals surface area contributed by atoms with Gasteiger partial charge in [-0.25, -0.2) is 4.98 Å². The molecule has 10 heteroatoms. The zero-order valence-corrected chi connectivity index (χ0v) is 18.8. The summed E-state index contributed by atoms with van der Waals surface area (Å²) in [5.41, 5.74) is 7.84. The molecule has 4 heterocycles. The van der Waals surface area contributed by atoms with Crippen molar-refractivity contribution < 1.29 is 13.2 Å². The molecule has 0 bridgehead atoms. The summed E-state index contributed by atoms with van der Waals surface area (Å²) in [6.45, 7) is 2.60. The maximum Gasteiger partial charge on any atom is 0.408 e. The number of rotatable bonds is 5. The summed E-state index contributed by atoms with van der Waals surface area (Å²) in [5, 5.41) is 9.36. The molecule has 2 unspecified atom stereocenters. The van der Waals surface area contributed by atoms with Gasteiger partial charge in [0, 0.05) is 35.6 Å². The first-order chi connectivity index (χ1) is 15.8. The van der Waals surface area contributed by atoms with Crippen molar-refractivity contribution in [2.45, 2.75) is 36.5 Å². The van der Waals surface area contributed by atoms with Crippen LogP contribution in [0.2, 0.25) is 0 Å². The van der Waals surface area contributed by atoms with Crippen LogP contribution in [0.15, 0.2) is 53.6 Å². The summed E-state index contributed by atoms with van der Waals surface area (Å²) in [6.07, 6.45) is -2.41. The van der Waals surface area contributed by atoms with Crippen LogP contribution in [0.1, 0.15) is 24.9 Å². The van der Waals surface area contributed by atoms with E-state index < -0.39 is 12.2 Å². The van der Waals surface area contributed by atoms with E-state index in [0.717, 1.165) is 21.6 Å². The highest BCUT2D eigenvalue weighted by Crippen LogP contribution is 2.39. The first kappa shape index (κ1) is 22.1. The molecule has 0 radical (unpaired) electrons. The number of fused-ring (bicyclic) bond motifs is 2. The van der Waals surface area contributed by atoms with Gasteiger partial charge in [0.15, 0.2) is 11.5 Å². The number of pyridine rings is 2. The van der Waals surface area contributed by atoms with E-state index in [9.17, 15) is 13.2 Å². The summed E-state index contributed by atoms with van der Waals surface area (Å²) in [4.78, 5) is 7.25. The first-order valence-corrected chi connectivity index (χ1v) is 11.8. The standard InChI is InChI=1S/C23H23F3N6S/c1-2-33-17-6-3-14-4-7-18(28-19(14)11-17)22-30-29-20-8-5-15(12-32(20)22)21(23(24,25)26)31-10-9-16(27)13-31/h3-8,11-12,16,21H,2,9-10,13,27H2,1H3. The van der Waals surface area contributed by atoms with E-state index in [-0.39, 0.29) is 18.2 Å². The van der Waals surface area contributed by atoms with Gasteiger partial charge in [0.25, 0.3) is 0 Å². The topological polar surface area (TPSA) is 72.3 Å². The molecule has 33 heavy (non-hydrogen) atoms. The predicted octanol–water partition coefficient (Wildman–Crippen LogP) is 4.69. The molecular weight excluding hydrogens is 449 g/mol. The van der Waals surface area contributed by atoms with Crippen molar-refractivity contribution in [1.82, 2.24) is 24.5 Å². The third-order valence-electron chi connectivity index (χ3n) is 5.88. The minimum atomic E-state index is -4.43. The predicted molar refractivity (Wildman–Crippen MR) is 123 cm³/mol. The average molecular weight is 473 g/mol. The van der Waals surface area contributed by atoms with E-state index in [0.29, 0.717) is 30.1 Å². The number of nitrogens with zero attached hydrogens (tertiary/aromatic N) is 5. The number of benzene rings is 1. The zero-order chi connectivity index (χ0) is 23.2. The van der Waals surface area contributed by atoms with Gasteiger partial charge < -0.3 is 5.73 Å². The van der Waals surface area contributed by atoms with Gasteiger partial charge in [-0.2, -0.15) is 13.2 Å². The van der Waals surface area contributed by atoms with Gasteiger partial charge in [-0.1, -0.05) is 25.1 Å². The molecule has 172 valence electrons. The highest BCUT2D eigenvalue weighted by molar-refractivity contribution is 7.99. The normalized spacial score (nSPS) is 18.4. The molecule has 0 aliphatic carbocycles. The van der Waals surface area contributed by atoms with Crippen molar-refractivity contribution in [1.29, 1.82) is 0 Å². The van der Waals surface area contributed by atoms with Crippen molar-refractivity contribution >= 4 is 28.3 Å². The van der Waals surface area contributed by atoms with Gasteiger partial charge in [-0.05, 0) is 42.0 Å². The Bertz CT molecular complexity index is 1300. The summed E-state index contributed by atoms with van der Waals surface area (Å²) >= 11 is 1.72. The van der Waals surface area contributed by atoms with Gasteiger partial charge in [0.1, 0.15) is 11.7 Å². The van der Waals surface area contributed by atoms with E-state index in [2.05, 4.69) is 23.2 Å². The van der Waals surface area contributed by atoms with E-state index in [1.165, 1.54) is 17.2 Å². The monoisotopic (exact) mass is 472 g/mol. The van der Waals surface area contributed by atoms with Crippen LogP contribution in [0.5, 0.6) is 0 Å². The van der Waals surface area contributed by atoms with Crippen LogP contribution in [0.25, 0.3) is 28.1 Å². The Morgan fingerprint density at radius 1 is 1.15 bits per heavy atom. The van der Waals surface area contributed by atoms with E-state index in [4.69, 9.17) is 10.7 Å². The molecular formula is C23H23F3N6S. The number of thioether (sulfide) groups is 1. The Kier molecular flexibility index (Phi) is 5.75. The van der Waals surface area contributed by atoms with Gasteiger partial charge in [0.2, 0.25) is 0 Å². The van der Waals surface area contributed by atoms with Crippen molar-refractivity contribution in [3.63, 3.8) is 0 Å². The fourth-order valence-corrected chi connectivity index (χ4v) is 5.07. The lowest BCUT2D eigenvalue weighted by Crippen LogP contribution is -2.38. The summed E-state index contributed by atoms with van der Waals surface area (Å²) < 4.78 is 43.8. The lowest BCUT2D eigenvalue weighted by atomic mass is 10.1. The highest BCUT2D eigenvalue weighted by Gasteiger charge is 2.46. The Labute approximate surface area is 193 Å². The summed E-state index contributed by atoms with van der Waals surface area (Å²) in [7, 11) is 0. The number of nitrogens with two attached hydrogens (primary N) is 1. The second-order valence-corrected chi connectivity index (χ2v) is 9.52. The minimum Gasteiger partial charge on any atom is -0.326 e. The molecule has 1 aromatic carbocycles. The summed E-state index contributed by atoms with van der Waals surface area (Å²) in [6, 6.07) is 10.9. The maximum atomic E-state index is 14.1. The van der Waals surface area contributed by atoms with Crippen LogP contribution < -0.4 is 5.73 Å². The first-order valence-electron chi connectivity index (χ1n) is 10.8. The smallest absolute Gasteiger partial charge is 0.326 e. The molecule has 0 saturated carbocycles. The number of aromatic nitrogens is 4. The van der Waals surface area contributed by atoms with Crippen LogP contribution in [-0.2, 0) is 0 Å². The quantitative estimate of drug-likeness (QED) is 0.425. The Hall–Kier alpha value is -2.69. The molecule has 0 amide bonds. The number of alkyl halides is 3. The zero-order valence-electron chi connectivity index (χ0n) is 18.0. The molecule has 3 aromatic heterocycles. The lowest BCUT2D eigenvalue weighted by molar-refractivity contribution is -0.183. The molecule has 1 aliphatic rings. The van der Waals surface area contributed by atoms with Gasteiger partial charge in [-0.3, -0.25) is 9.30 Å². The molecule has 1 fully saturated rings. The third-order valence-corrected chi connectivity index (χ3v) is 6.75. The van der Waals surface area contributed by atoms with Crippen molar-refractivity contribution in [3.8, 4) is 11.5 Å². The van der Waals surface area contributed by atoms with Crippen LogP contribution in [0.3, 0.4) is 0 Å². The van der Waals surface area contributed by atoms with Crippen LogP contribution in [-0.4, -0.2) is 55.5 Å². The maximum absolute atomic E-state index is 14.1. The molecule has 1 saturated heterocycles. The second kappa shape index (κ2) is 8.58. The summed E-state index contributed by atoms with van der Waals surface area (Å²) in [5.74, 6) is 1.35. The van der Waals surface area contributed by atoms with Gasteiger partial charge in [-0.15, -0.1) is 22.0 Å². The van der Waals surface area contributed by atoms with Gasteiger partial charge >= 0.3 is 6.18 Å². The van der Waals surface area contributed by atoms with E-state index in [1.807, 2.05) is 24.3 Å². The minimum absolute atomic E-state index is 0.132. The number of hydrogen-bond donors (Lipinski definition) is 1. The largest absolute Gasteiger partial charge is 0.408 e. The number of likely N-dealkylation sites (tertiary alicyclic amines) is 1. The number of halogens is 3. The number of hydrogen-bond acceptors (Lipinski definition) is 6. The molecule has 4 aromatic rings. The SMILES string of the molecule is CCSc1ccc2ccc(-c3nnc4ccc(C(N5CCC(N)C5)C(F)(F)F)cn34)nc2c1. The Morgan fingerprint density at radius 3 is 2.70 bits per heavy atom. The fourth-order valence-electron chi connectivity index (χ4n) is 4.38. The van der Waals surface area contributed by atoms with E-state index in [1.54, 1.807) is 22.2 Å². The third kappa shape index (κ3) is 4.30. The fraction of sp³-hybridized carbons (Fsp3) is 0.348. The van der Waals surface area contributed by atoms with Crippen LogP contribution in [0.4, 0.5) is 13.2 Å². The lowest BCUT2D eigenvalue weighted by Gasteiger charge is -2.30. The Balaban J connectivity index is 1.58. The Morgan fingerprint density at radius 2 is 1.97 bits per heavy atom. The van der Waals surface area contributed by atoms with Crippen molar-refractivity contribution in [2.24, 2.45) is 5.73 Å². The molecule has 6 nitrogen and oxygen atoms in total. The molecule has 2 atom stereocenters. The van der Waals surface area contributed by atoms with Crippen LogP contribution >= 0.6 is 11.8 Å². The van der Waals surface area contributed by atoms with Gasteiger partial charge in [0.05, 0.1) is 5.52 Å². The highest BCUT2D eigenvalue weighted by atomic mass is 32.2.